The third kappa shape index (κ3) is 6.55. The first-order valence-corrected chi connectivity index (χ1v) is 10.7. The zero-order valence-corrected chi connectivity index (χ0v) is 21.1. The number of nitrogens with zero attached hydrogens (tertiary/aromatic N) is 4. The molecule has 0 aliphatic rings. The summed E-state index contributed by atoms with van der Waals surface area (Å²) in [7, 11) is 6.25. The first-order chi connectivity index (χ1) is 14.1. The third-order valence-electron chi connectivity index (χ3n) is 4.71. The van der Waals surface area contributed by atoms with Gasteiger partial charge in [0.1, 0.15) is 5.82 Å². The standard InChI is InChI=1S/C22H30N6S.HI/c1-5-23-22(25-15-19(27(2)3)20-12-9-13-29-20)28(4)16-21-24-14-18(26-21)17-10-7-6-8-11-17;/h6-14,19H,5,15-16H2,1-4H3,(H,23,25)(H,24,26);1H. The first kappa shape index (κ1) is 24.4. The molecule has 2 heterocycles. The molecule has 0 bridgehead atoms. The Labute approximate surface area is 200 Å². The summed E-state index contributed by atoms with van der Waals surface area (Å²) in [6, 6.07) is 14.8. The van der Waals surface area contributed by atoms with E-state index in [1.807, 2.05) is 31.4 Å². The van der Waals surface area contributed by atoms with Crippen molar-refractivity contribution < 1.29 is 0 Å². The summed E-state index contributed by atoms with van der Waals surface area (Å²) < 4.78 is 0. The number of hydrogen-bond donors (Lipinski definition) is 2. The van der Waals surface area contributed by atoms with E-state index >= 15 is 0 Å². The minimum Gasteiger partial charge on any atom is -0.357 e. The van der Waals surface area contributed by atoms with Crippen molar-refractivity contribution in [3.8, 4) is 11.3 Å². The van der Waals surface area contributed by atoms with E-state index in [-0.39, 0.29) is 30.0 Å². The Hall–Kier alpha value is -1.91. The Balaban J connectivity index is 0.00000320. The molecule has 162 valence electrons. The number of guanidine groups is 1. The summed E-state index contributed by atoms with van der Waals surface area (Å²) in [5.41, 5.74) is 2.17. The van der Waals surface area contributed by atoms with Crippen LogP contribution in [-0.4, -0.2) is 60.0 Å². The number of H-pyrrole nitrogens is 1. The second-order valence-corrected chi connectivity index (χ2v) is 8.13. The predicted octanol–water partition coefficient (Wildman–Crippen LogP) is 4.46. The van der Waals surface area contributed by atoms with Crippen LogP contribution in [0.15, 0.2) is 59.0 Å². The van der Waals surface area contributed by atoms with Crippen molar-refractivity contribution in [3.63, 3.8) is 0 Å². The lowest BCUT2D eigenvalue weighted by molar-refractivity contribution is 0.309. The number of hydrogen-bond acceptors (Lipinski definition) is 4. The Kier molecular flexibility index (Phi) is 9.80. The van der Waals surface area contributed by atoms with Crippen molar-refractivity contribution >= 4 is 41.3 Å². The number of benzene rings is 1. The van der Waals surface area contributed by atoms with Crippen LogP contribution < -0.4 is 5.32 Å². The molecule has 8 heteroatoms. The molecule has 1 aromatic carbocycles. The van der Waals surface area contributed by atoms with Gasteiger partial charge in [0.15, 0.2) is 5.96 Å². The highest BCUT2D eigenvalue weighted by atomic mass is 127. The van der Waals surface area contributed by atoms with Gasteiger partial charge in [-0.15, -0.1) is 35.3 Å². The molecule has 0 saturated carbocycles. The number of aromatic amines is 1. The molecule has 2 N–H and O–H groups in total. The average molecular weight is 539 g/mol. The van der Waals surface area contributed by atoms with Gasteiger partial charge in [0.25, 0.3) is 0 Å². The molecule has 1 atom stereocenters. The number of aromatic nitrogens is 2. The lowest BCUT2D eigenvalue weighted by Gasteiger charge is -2.24. The first-order valence-electron chi connectivity index (χ1n) is 9.87. The second kappa shape index (κ2) is 12.1. The molecule has 0 radical (unpaired) electrons. The van der Waals surface area contributed by atoms with Crippen molar-refractivity contribution in [3.05, 3.63) is 64.7 Å². The normalized spacial score (nSPS) is 12.5. The van der Waals surface area contributed by atoms with Crippen LogP contribution in [0.25, 0.3) is 11.3 Å². The Morgan fingerprint density at radius 1 is 1.17 bits per heavy atom. The van der Waals surface area contributed by atoms with Gasteiger partial charge in [-0.2, -0.15) is 0 Å². The molecule has 1 unspecified atom stereocenters. The summed E-state index contributed by atoms with van der Waals surface area (Å²) in [4.78, 5) is 18.5. The van der Waals surface area contributed by atoms with Gasteiger partial charge in [-0.1, -0.05) is 36.4 Å². The largest absolute Gasteiger partial charge is 0.357 e. The SMILES string of the molecule is CCNC(=NCC(c1cccs1)N(C)C)N(C)Cc1ncc(-c2ccccc2)[nH]1.I. The van der Waals surface area contributed by atoms with Gasteiger partial charge in [-0.25, -0.2) is 4.98 Å². The molecular weight excluding hydrogens is 507 g/mol. The molecule has 2 aromatic heterocycles. The van der Waals surface area contributed by atoms with Crippen molar-refractivity contribution in [2.45, 2.75) is 19.5 Å². The molecular formula is C22H31IN6S. The molecule has 0 aliphatic carbocycles. The molecule has 6 nitrogen and oxygen atoms in total. The third-order valence-corrected chi connectivity index (χ3v) is 5.68. The molecule has 0 amide bonds. The lowest BCUT2D eigenvalue weighted by atomic mass is 10.2. The summed E-state index contributed by atoms with van der Waals surface area (Å²) in [6.45, 7) is 4.27. The number of imidazole rings is 1. The van der Waals surface area contributed by atoms with Gasteiger partial charge >= 0.3 is 0 Å². The maximum atomic E-state index is 4.91. The van der Waals surface area contributed by atoms with Gasteiger partial charge in [-0.3, -0.25) is 4.99 Å². The van der Waals surface area contributed by atoms with Gasteiger partial charge in [0.05, 0.1) is 31.0 Å². The van der Waals surface area contributed by atoms with Crippen LogP contribution in [0.3, 0.4) is 0 Å². The molecule has 0 saturated heterocycles. The Morgan fingerprint density at radius 2 is 1.93 bits per heavy atom. The zero-order valence-electron chi connectivity index (χ0n) is 18.0. The van der Waals surface area contributed by atoms with E-state index in [0.29, 0.717) is 13.1 Å². The van der Waals surface area contributed by atoms with E-state index in [4.69, 9.17) is 4.99 Å². The van der Waals surface area contributed by atoms with Crippen LogP contribution in [0.1, 0.15) is 23.7 Å². The van der Waals surface area contributed by atoms with Crippen molar-refractivity contribution in [2.75, 3.05) is 34.2 Å². The quantitative estimate of drug-likeness (QED) is 0.253. The summed E-state index contributed by atoms with van der Waals surface area (Å²) >= 11 is 1.78. The maximum Gasteiger partial charge on any atom is 0.194 e. The lowest BCUT2D eigenvalue weighted by Crippen LogP contribution is -2.39. The monoisotopic (exact) mass is 538 g/mol. The molecule has 3 aromatic rings. The summed E-state index contributed by atoms with van der Waals surface area (Å²) in [5.74, 6) is 1.80. The highest BCUT2D eigenvalue weighted by molar-refractivity contribution is 14.0. The second-order valence-electron chi connectivity index (χ2n) is 7.16. The fourth-order valence-corrected chi connectivity index (χ4v) is 4.05. The minimum atomic E-state index is 0. The molecule has 0 aliphatic heterocycles. The average Bonchev–Trinajstić information content (AvgIpc) is 3.40. The van der Waals surface area contributed by atoms with E-state index in [0.717, 1.165) is 29.6 Å². The predicted molar refractivity (Wildman–Crippen MR) is 138 cm³/mol. The molecule has 0 fully saturated rings. The van der Waals surface area contributed by atoms with Crippen molar-refractivity contribution in [2.24, 2.45) is 4.99 Å². The van der Waals surface area contributed by atoms with Crippen LogP contribution >= 0.6 is 35.3 Å². The number of aliphatic imine (C=N–C) groups is 1. The number of rotatable bonds is 8. The topological polar surface area (TPSA) is 59.6 Å². The van der Waals surface area contributed by atoms with Gasteiger partial charge in [0.2, 0.25) is 0 Å². The van der Waals surface area contributed by atoms with Gasteiger partial charge in [0, 0.05) is 18.5 Å². The fourth-order valence-electron chi connectivity index (χ4n) is 3.14. The number of thiophene rings is 1. The molecule has 30 heavy (non-hydrogen) atoms. The fraction of sp³-hybridized carbons (Fsp3) is 0.364. The maximum absolute atomic E-state index is 4.91. The van der Waals surface area contributed by atoms with Crippen molar-refractivity contribution in [1.29, 1.82) is 0 Å². The van der Waals surface area contributed by atoms with E-state index in [9.17, 15) is 0 Å². The van der Waals surface area contributed by atoms with E-state index in [2.05, 4.69) is 75.7 Å². The van der Waals surface area contributed by atoms with Crippen LogP contribution in [0.5, 0.6) is 0 Å². The highest BCUT2D eigenvalue weighted by Gasteiger charge is 2.16. The van der Waals surface area contributed by atoms with Gasteiger partial charge < -0.3 is 20.1 Å². The molecule has 0 spiro atoms. The van der Waals surface area contributed by atoms with Gasteiger partial charge in [-0.05, 0) is 38.0 Å². The van der Waals surface area contributed by atoms with Crippen molar-refractivity contribution in [1.82, 2.24) is 25.1 Å². The Bertz CT molecular complexity index is 892. The van der Waals surface area contributed by atoms with E-state index in [1.165, 1.54) is 4.88 Å². The molecule has 3 rings (SSSR count). The number of halogens is 1. The van der Waals surface area contributed by atoms with E-state index < -0.39 is 0 Å². The summed E-state index contributed by atoms with van der Waals surface area (Å²) in [5, 5.41) is 5.52. The van der Waals surface area contributed by atoms with Crippen LogP contribution in [0.2, 0.25) is 0 Å². The number of likely N-dealkylation sites (N-methyl/N-ethyl adjacent to an activating group) is 1. The number of nitrogens with one attached hydrogen (secondary N) is 2. The smallest absolute Gasteiger partial charge is 0.194 e. The zero-order chi connectivity index (χ0) is 20.6. The highest BCUT2D eigenvalue weighted by Crippen LogP contribution is 2.23. The Morgan fingerprint density at radius 3 is 2.57 bits per heavy atom. The van der Waals surface area contributed by atoms with E-state index in [1.54, 1.807) is 11.3 Å². The minimum absolute atomic E-state index is 0. The van der Waals surface area contributed by atoms with Crippen LogP contribution in [-0.2, 0) is 6.54 Å². The summed E-state index contributed by atoms with van der Waals surface area (Å²) in [6.07, 6.45) is 1.89. The van der Waals surface area contributed by atoms with Crippen LogP contribution in [0.4, 0.5) is 0 Å². The van der Waals surface area contributed by atoms with Crippen LogP contribution in [0, 0.1) is 0 Å².